The molecule has 2 aromatic carbocycles. The van der Waals surface area contributed by atoms with E-state index in [1.165, 1.54) is 11.8 Å². The molecular weight excluding hydrogens is 460 g/mol. The number of Topliss-reactive ketones (excluding diaryl/α,β-unsaturated/α-hetero) is 1. The number of anilines is 1. The number of aromatic nitrogens is 3. The van der Waals surface area contributed by atoms with Crippen molar-refractivity contribution in [3.05, 3.63) is 64.9 Å². The van der Waals surface area contributed by atoms with Crippen LogP contribution in [0.25, 0.3) is 0 Å². The first-order chi connectivity index (χ1) is 16.0. The van der Waals surface area contributed by atoms with Crippen LogP contribution in [0.3, 0.4) is 0 Å². The van der Waals surface area contributed by atoms with Gasteiger partial charge in [-0.1, -0.05) is 55.3 Å². The maximum Gasteiger partial charge on any atom is 0.224 e. The lowest BCUT2D eigenvalue weighted by atomic mass is 10.1. The van der Waals surface area contributed by atoms with Crippen LogP contribution >= 0.6 is 23.4 Å². The molecule has 1 N–H and O–H groups in total. The van der Waals surface area contributed by atoms with E-state index >= 15 is 0 Å². The van der Waals surface area contributed by atoms with Gasteiger partial charge >= 0.3 is 0 Å². The Hall–Kier alpha value is -2.84. The maximum absolute atomic E-state index is 12.6. The Balaban J connectivity index is 1.49. The minimum Gasteiger partial charge on any atom is -0.484 e. The van der Waals surface area contributed by atoms with Crippen LogP contribution in [-0.2, 0) is 18.4 Å². The summed E-state index contributed by atoms with van der Waals surface area (Å²) < 4.78 is 7.51. The number of halogens is 1. The van der Waals surface area contributed by atoms with Crippen molar-refractivity contribution in [2.24, 2.45) is 7.05 Å². The van der Waals surface area contributed by atoms with Crippen LogP contribution in [0.5, 0.6) is 5.75 Å². The van der Waals surface area contributed by atoms with Crippen molar-refractivity contribution in [1.29, 1.82) is 0 Å². The van der Waals surface area contributed by atoms with Crippen molar-refractivity contribution in [1.82, 2.24) is 14.8 Å². The fourth-order valence-electron chi connectivity index (χ4n) is 3.01. The predicted octanol–water partition coefficient (Wildman–Crippen LogP) is 5.54. The van der Waals surface area contributed by atoms with E-state index in [0.29, 0.717) is 39.4 Å². The molecule has 3 aromatic rings. The molecule has 0 bridgehead atoms. The highest BCUT2D eigenvalue weighted by molar-refractivity contribution is 7.99. The number of benzene rings is 2. The molecule has 0 atom stereocenters. The van der Waals surface area contributed by atoms with Gasteiger partial charge in [-0.15, -0.1) is 10.2 Å². The molecule has 7 nitrogen and oxygen atoms in total. The average molecular weight is 487 g/mol. The Kier molecular flexibility index (Phi) is 9.33. The third-order valence-electron chi connectivity index (χ3n) is 4.95. The van der Waals surface area contributed by atoms with Gasteiger partial charge in [0.15, 0.2) is 16.8 Å². The lowest BCUT2D eigenvalue weighted by Crippen LogP contribution is -2.11. The monoisotopic (exact) mass is 486 g/mol. The molecule has 0 unspecified atom stereocenters. The van der Waals surface area contributed by atoms with E-state index < -0.39 is 0 Å². The summed E-state index contributed by atoms with van der Waals surface area (Å²) in [6, 6.07) is 14.2. The van der Waals surface area contributed by atoms with Crippen LogP contribution in [0.2, 0.25) is 5.02 Å². The number of ether oxygens (including phenoxy) is 1. The Labute approximate surface area is 202 Å². The molecule has 33 heavy (non-hydrogen) atoms. The van der Waals surface area contributed by atoms with E-state index in [9.17, 15) is 9.59 Å². The molecule has 3 rings (SSSR count). The van der Waals surface area contributed by atoms with Crippen LogP contribution < -0.4 is 10.1 Å². The van der Waals surface area contributed by atoms with Crippen molar-refractivity contribution in [2.45, 2.75) is 44.4 Å². The van der Waals surface area contributed by atoms with Gasteiger partial charge in [0.05, 0.1) is 10.8 Å². The molecule has 1 amide bonds. The van der Waals surface area contributed by atoms with E-state index in [1.807, 2.05) is 19.2 Å². The SMILES string of the molecule is CCCCCC(=O)Nc1ccc(C(=O)CSc2nnc(COc3ccccc3Cl)n2C)cc1. The van der Waals surface area contributed by atoms with Gasteiger partial charge in [0.25, 0.3) is 0 Å². The highest BCUT2D eigenvalue weighted by atomic mass is 35.5. The van der Waals surface area contributed by atoms with E-state index in [1.54, 1.807) is 41.0 Å². The summed E-state index contributed by atoms with van der Waals surface area (Å²) in [6.07, 6.45) is 3.51. The number of nitrogens with one attached hydrogen (secondary N) is 1. The van der Waals surface area contributed by atoms with Gasteiger partial charge in [0, 0.05) is 24.7 Å². The number of hydrogen-bond acceptors (Lipinski definition) is 6. The highest BCUT2D eigenvalue weighted by Crippen LogP contribution is 2.24. The Morgan fingerprint density at radius 2 is 1.85 bits per heavy atom. The second-order valence-corrected chi connectivity index (χ2v) is 8.82. The van der Waals surface area contributed by atoms with Gasteiger partial charge in [-0.05, 0) is 42.8 Å². The number of carbonyl (C=O) groups excluding carboxylic acids is 2. The molecule has 1 heterocycles. The van der Waals surface area contributed by atoms with Crippen LogP contribution in [0.4, 0.5) is 5.69 Å². The summed E-state index contributed by atoms with van der Waals surface area (Å²) >= 11 is 7.42. The zero-order valence-electron chi connectivity index (χ0n) is 18.7. The standard InChI is InChI=1S/C24H27ClN4O3S/c1-3-4-5-10-23(31)26-18-13-11-17(12-14-18)20(30)16-33-24-28-27-22(29(24)2)15-32-21-9-7-6-8-19(21)25/h6-9,11-14H,3-5,10,15-16H2,1-2H3,(H,26,31). The topological polar surface area (TPSA) is 86.1 Å². The molecule has 0 aliphatic heterocycles. The maximum atomic E-state index is 12.6. The van der Waals surface area contributed by atoms with Gasteiger partial charge in [0.2, 0.25) is 5.91 Å². The number of nitrogens with zero attached hydrogens (tertiary/aromatic N) is 3. The molecule has 0 fully saturated rings. The molecule has 0 saturated carbocycles. The number of rotatable bonds is 12. The van der Waals surface area contributed by atoms with Crippen molar-refractivity contribution >= 4 is 40.7 Å². The number of amides is 1. The molecule has 1 aromatic heterocycles. The summed E-state index contributed by atoms with van der Waals surface area (Å²) in [7, 11) is 1.83. The van der Waals surface area contributed by atoms with Gasteiger partial charge in [-0.3, -0.25) is 9.59 Å². The van der Waals surface area contributed by atoms with E-state index in [0.717, 1.165) is 19.3 Å². The normalized spacial score (nSPS) is 10.8. The van der Waals surface area contributed by atoms with Crippen LogP contribution in [0, 0.1) is 0 Å². The summed E-state index contributed by atoms with van der Waals surface area (Å²) in [5, 5.41) is 12.3. The fourth-order valence-corrected chi connectivity index (χ4v) is 4.03. The summed E-state index contributed by atoms with van der Waals surface area (Å²) in [5.41, 5.74) is 1.27. The number of unbranched alkanes of at least 4 members (excludes halogenated alkanes) is 2. The third-order valence-corrected chi connectivity index (χ3v) is 6.28. The van der Waals surface area contributed by atoms with Crippen molar-refractivity contribution in [3.8, 4) is 5.75 Å². The zero-order valence-corrected chi connectivity index (χ0v) is 20.3. The Morgan fingerprint density at radius 1 is 1.09 bits per heavy atom. The van der Waals surface area contributed by atoms with Gasteiger partial charge < -0.3 is 14.6 Å². The minimum absolute atomic E-state index is 0.00492. The molecule has 174 valence electrons. The molecule has 9 heteroatoms. The fraction of sp³-hybridized carbons (Fsp3) is 0.333. The highest BCUT2D eigenvalue weighted by Gasteiger charge is 2.14. The number of carbonyl (C=O) groups is 2. The van der Waals surface area contributed by atoms with Crippen LogP contribution in [-0.4, -0.2) is 32.2 Å². The quantitative estimate of drug-likeness (QED) is 0.205. The second-order valence-electron chi connectivity index (χ2n) is 7.47. The number of thioether (sulfide) groups is 1. The van der Waals surface area contributed by atoms with Gasteiger partial charge in [-0.2, -0.15) is 0 Å². The van der Waals surface area contributed by atoms with Gasteiger partial charge in [0.1, 0.15) is 12.4 Å². The zero-order chi connectivity index (χ0) is 23.6. The Bertz CT molecular complexity index is 1090. The molecule has 0 spiro atoms. The molecule has 0 aliphatic carbocycles. The molecule has 0 radical (unpaired) electrons. The minimum atomic E-state index is -0.0299. The third kappa shape index (κ3) is 7.33. The molecular formula is C24H27ClN4O3S. The number of ketones is 1. The van der Waals surface area contributed by atoms with Crippen LogP contribution in [0.15, 0.2) is 53.7 Å². The predicted molar refractivity (Wildman–Crippen MR) is 131 cm³/mol. The van der Waals surface area contributed by atoms with Crippen LogP contribution in [0.1, 0.15) is 48.8 Å². The largest absolute Gasteiger partial charge is 0.484 e. The smallest absolute Gasteiger partial charge is 0.224 e. The van der Waals surface area contributed by atoms with Crippen molar-refractivity contribution < 1.29 is 14.3 Å². The van der Waals surface area contributed by atoms with Crippen molar-refractivity contribution in [3.63, 3.8) is 0 Å². The molecule has 0 saturated heterocycles. The molecule has 0 aliphatic rings. The summed E-state index contributed by atoms with van der Waals surface area (Å²) in [6.45, 7) is 2.32. The van der Waals surface area contributed by atoms with E-state index in [4.69, 9.17) is 16.3 Å². The Morgan fingerprint density at radius 3 is 2.58 bits per heavy atom. The second kappa shape index (κ2) is 12.4. The van der Waals surface area contributed by atoms with E-state index in [2.05, 4.69) is 22.4 Å². The number of para-hydroxylation sites is 1. The summed E-state index contributed by atoms with van der Waals surface area (Å²) in [4.78, 5) is 24.5. The first-order valence-electron chi connectivity index (χ1n) is 10.8. The average Bonchev–Trinajstić information content (AvgIpc) is 3.17. The van der Waals surface area contributed by atoms with E-state index in [-0.39, 0.29) is 24.1 Å². The lowest BCUT2D eigenvalue weighted by molar-refractivity contribution is -0.116. The summed E-state index contributed by atoms with van der Waals surface area (Å²) in [5.74, 6) is 1.39. The van der Waals surface area contributed by atoms with Crippen molar-refractivity contribution in [2.75, 3.05) is 11.1 Å². The first-order valence-corrected chi connectivity index (χ1v) is 12.2. The lowest BCUT2D eigenvalue weighted by Gasteiger charge is -2.08. The van der Waals surface area contributed by atoms with Gasteiger partial charge in [-0.25, -0.2) is 0 Å². The first kappa shape index (κ1) is 24.8. The number of hydrogen-bond donors (Lipinski definition) is 1.